The second kappa shape index (κ2) is 6.05. The number of carbonyl (C=O) groups is 1. The van der Waals surface area contributed by atoms with Gasteiger partial charge in [0.1, 0.15) is 5.78 Å². The second-order valence-electron chi connectivity index (χ2n) is 4.64. The van der Waals surface area contributed by atoms with E-state index in [0.29, 0.717) is 12.3 Å². The second-order valence-corrected chi connectivity index (χ2v) is 5.05. The molecule has 0 N–H and O–H groups in total. The molecule has 0 amide bonds. The Hall–Kier alpha value is -0.820. The average Bonchev–Trinajstić information content (AvgIpc) is 2.15. The SMILES string of the molecule is CC(=O)CC(C)CCc1ccc(C)cc1Cl. The first kappa shape index (κ1) is 13.2. The fourth-order valence-electron chi connectivity index (χ4n) is 1.85. The monoisotopic (exact) mass is 238 g/mol. The van der Waals surface area contributed by atoms with E-state index in [0.717, 1.165) is 17.9 Å². The maximum atomic E-state index is 11.0. The molecule has 1 atom stereocenters. The van der Waals surface area contributed by atoms with Gasteiger partial charge in [0.2, 0.25) is 0 Å². The van der Waals surface area contributed by atoms with Gasteiger partial charge in [-0.05, 0) is 49.8 Å². The lowest BCUT2D eigenvalue weighted by Crippen LogP contribution is -2.03. The summed E-state index contributed by atoms with van der Waals surface area (Å²) in [6, 6.07) is 6.15. The molecule has 1 aromatic rings. The number of Topliss-reactive ketones (excluding diaryl/α,β-unsaturated/α-hetero) is 1. The summed E-state index contributed by atoms with van der Waals surface area (Å²) < 4.78 is 0. The molecule has 1 nitrogen and oxygen atoms in total. The maximum absolute atomic E-state index is 11.0. The summed E-state index contributed by atoms with van der Waals surface area (Å²) in [5.41, 5.74) is 2.37. The van der Waals surface area contributed by atoms with Crippen molar-refractivity contribution in [3.05, 3.63) is 34.3 Å². The molecule has 0 aliphatic rings. The van der Waals surface area contributed by atoms with Crippen LogP contribution in [0.25, 0.3) is 0 Å². The lowest BCUT2D eigenvalue weighted by atomic mass is 9.96. The molecule has 1 aromatic carbocycles. The summed E-state index contributed by atoms with van der Waals surface area (Å²) in [4.78, 5) is 11.0. The van der Waals surface area contributed by atoms with Crippen LogP contribution in [0.15, 0.2) is 18.2 Å². The van der Waals surface area contributed by atoms with Crippen molar-refractivity contribution in [2.24, 2.45) is 5.92 Å². The Morgan fingerprint density at radius 2 is 2.12 bits per heavy atom. The molecular weight excluding hydrogens is 220 g/mol. The third-order valence-corrected chi connectivity index (χ3v) is 3.10. The zero-order chi connectivity index (χ0) is 12.1. The number of hydrogen-bond donors (Lipinski definition) is 0. The molecular formula is C14H19ClO. The maximum Gasteiger partial charge on any atom is 0.130 e. The van der Waals surface area contributed by atoms with E-state index in [1.165, 1.54) is 11.1 Å². The topological polar surface area (TPSA) is 17.1 Å². The molecule has 88 valence electrons. The van der Waals surface area contributed by atoms with Crippen LogP contribution < -0.4 is 0 Å². The van der Waals surface area contributed by atoms with Gasteiger partial charge in [0.25, 0.3) is 0 Å². The number of ketones is 1. The van der Waals surface area contributed by atoms with Gasteiger partial charge in [-0.15, -0.1) is 0 Å². The Bertz CT molecular complexity index is 371. The van der Waals surface area contributed by atoms with E-state index in [1.54, 1.807) is 6.92 Å². The molecule has 0 saturated heterocycles. The van der Waals surface area contributed by atoms with Crippen LogP contribution in [0, 0.1) is 12.8 Å². The van der Waals surface area contributed by atoms with Gasteiger partial charge in [0.05, 0.1) is 0 Å². The third-order valence-electron chi connectivity index (χ3n) is 2.75. The highest BCUT2D eigenvalue weighted by atomic mass is 35.5. The Labute approximate surface area is 103 Å². The highest BCUT2D eigenvalue weighted by Crippen LogP contribution is 2.21. The van der Waals surface area contributed by atoms with Crippen molar-refractivity contribution in [1.82, 2.24) is 0 Å². The molecule has 0 saturated carbocycles. The van der Waals surface area contributed by atoms with Gasteiger partial charge in [-0.1, -0.05) is 30.7 Å². The number of rotatable bonds is 5. The first-order valence-corrected chi connectivity index (χ1v) is 6.11. The zero-order valence-corrected chi connectivity index (χ0v) is 11.0. The summed E-state index contributed by atoms with van der Waals surface area (Å²) in [5, 5.41) is 0.843. The molecule has 0 bridgehead atoms. The fourth-order valence-corrected chi connectivity index (χ4v) is 2.18. The van der Waals surface area contributed by atoms with Crippen molar-refractivity contribution in [3.63, 3.8) is 0 Å². The van der Waals surface area contributed by atoms with E-state index in [2.05, 4.69) is 19.1 Å². The molecule has 2 heteroatoms. The highest BCUT2D eigenvalue weighted by molar-refractivity contribution is 6.31. The third kappa shape index (κ3) is 4.36. The van der Waals surface area contributed by atoms with E-state index in [4.69, 9.17) is 11.6 Å². The average molecular weight is 239 g/mol. The fraction of sp³-hybridized carbons (Fsp3) is 0.500. The van der Waals surface area contributed by atoms with E-state index in [-0.39, 0.29) is 5.78 Å². The number of hydrogen-bond acceptors (Lipinski definition) is 1. The van der Waals surface area contributed by atoms with Crippen LogP contribution in [0.2, 0.25) is 5.02 Å². The van der Waals surface area contributed by atoms with Gasteiger partial charge >= 0.3 is 0 Å². The van der Waals surface area contributed by atoms with Gasteiger partial charge in [-0.25, -0.2) is 0 Å². The van der Waals surface area contributed by atoms with Crippen LogP contribution in [0.3, 0.4) is 0 Å². The Morgan fingerprint density at radius 1 is 1.44 bits per heavy atom. The number of aryl methyl sites for hydroxylation is 2. The predicted molar refractivity (Wildman–Crippen MR) is 69.0 cm³/mol. The van der Waals surface area contributed by atoms with Crippen molar-refractivity contribution in [2.75, 3.05) is 0 Å². The normalized spacial score (nSPS) is 12.5. The van der Waals surface area contributed by atoms with Crippen molar-refractivity contribution >= 4 is 17.4 Å². The first-order chi connectivity index (χ1) is 7.49. The molecule has 0 aliphatic heterocycles. The van der Waals surface area contributed by atoms with Crippen LogP contribution in [-0.2, 0) is 11.2 Å². The van der Waals surface area contributed by atoms with Crippen LogP contribution in [-0.4, -0.2) is 5.78 Å². The zero-order valence-electron chi connectivity index (χ0n) is 10.2. The summed E-state index contributed by atoms with van der Waals surface area (Å²) >= 11 is 6.15. The smallest absolute Gasteiger partial charge is 0.130 e. The van der Waals surface area contributed by atoms with Crippen LogP contribution in [0.1, 0.15) is 37.8 Å². The van der Waals surface area contributed by atoms with Gasteiger partial charge in [0, 0.05) is 11.4 Å². The predicted octanol–water partition coefficient (Wildman–Crippen LogP) is 4.20. The Kier molecular flexibility index (Phi) is 5.01. The molecule has 1 unspecified atom stereocenters. The largest absolute Gasteiger partial charge is 0.300 e. The number of halogens is 1. The van der Waals surface area contributed by atoms with E-state index in [1.807, 2.05) is 13.0 Å². The standard InChI is InChI=1S/C14H19ClO/c1-10(8-12(3)16)4-6-13-7-5-11(2)9-14(13)15/h5,7,9-10H,4,6,8H2,1-3H3. The first-order valence-electron chi connectivity index (χ1n) is 5.73. The van der Waals surface area contributed by atoms with Crippen molar-refractivity contribution in [1.29, 1.82) is 0 Å². The van der Waals surface area contributed by atoms with Crippen LogP contribution in [0.4, 0.5) is 0 Å². The van der Waals surface area contributed by atoms with E-state index >= 15 is 0 Å². The molecule has 0 spiro atoms. The summed E-state index contributed by atoms with van der Waals surface area (Å²) in [5.74, 6) is 0.706. The molecule has 0 aliphatic carbocycles. The molecule has 1 rings (SSSR count). The minimum atomic E-state index is 0.266. The lowest BCUT2D eigenvalue weighted by molar-refractivity contribution is -0.117. The van der Waals surface area contributed by atoms with Gasteiger partial charge < -0.3 is 4.79 Å². The number of carbonyl (C=O) groups excluding carboxylic acids is 1. The van der Waals surface area contributed by atoms with E-state index in [9.17, 15) is 4.79 Å². The quantitative estimate of drug-likeness (QED) is 0.752. The van der Waals surface area contributed by atoms with Gasteiger partial charge in [-0.3, -0.25) is 0 Å². The summed E-state index contributed by atoms with van der Waals surface area (Å²) in [7, 11) is 0. The van der Waals surface area contributed by atoms with Crippen molar-refractivity contribution in [2.45, 2.75) is 40.0 Å². The minimum absolute atomic E-state index is 0.266. The minimum Gasteiger partial charge on any atom is -0.300 e. The molecule has 0 radical (unpaired) electrons. The van der Waals surface area contributed by atoms with Gasteiger partial charge in [0.15, 0.2) is 0 Å². The lowest BCUT2D eigenvalue weighted by Gasteiger charge is -2.10. The van der Waals surface area contributed by atoms with Crippen molar-refractivity contribution < 1.29 is 4.79 Å². The highest BCUT2D eigenvalue weighted by Gasteiger charge is 2.07. The molecule has 0 heterocycles. The number of benzene rings is 1. The van der Waals surface area contributed by atoms with Gasteiger partial charge in [-0.2, -0.15) is 0 Å². The van der Waals surface area contributed by atoms with Crippen LogP contribution >= 0.6 is 11.6 Å². The van der Waals surface area contributed by atoms with E-state index < -0.39 is 0 Å². The molecule has 0 fully saturated rings. The molecule has 16 heavy (non-hydrogen) atoms. The summed E-state index contributed by atoms with van der Waals surface area (Å²) in [6.45, 7) is 5.80. The Morgan fingerprint density at radius 3 is 2.69 bits per heavy atom. The van der Waals surface area contributed by atoms with Crippen LogP contribution in [0.5, 0.6) is 0 Å². The summed E-state index contributed by atoms with van der Waals surface area (Å²) in [6.07, 6.45) is 2.64. The van der Waals surface area contributed by atoms with Crippen molar-refractivity contribution in [3.8, 4) is 0 Å². The molecule has 0 aromatic heterocycles. The Balaban J connectivity index is 2.51.